The monoisotopic (exact) mass is 742 g/mol. The van der Waals surface area contributed by atoms with Crippen LogP contribution in [-0.2, 0) is 14.3 Å². The van der Waals surface area contributed by atoms with Crippen LogP contribution in [0.4, 0.5) is 0 Å². The Balaban J connectivity index is 0.000000208. The Morgan fingerprint density at radius 1 is 0.778 bits per heavy atom. The minimum Gasteiger partial charge on any atom is -0.490 e. The zero-order valence-electron chi connectivity index (χ0n) is 33.2. The quantitative estimate of drug-likeness (QED) is 0.155. The summed E-state index contributed by atoms with van der Waals surface area (Å²) in [6.45, 7) is 14.4. The number of rotatable bonds is 13. The SMILES string of the molecule is C=CC(=O)OCC.CCC1CCC(Oc2ccc(C3=CCN(CCC(=O)O)CC3)cc2)CC1.CCC1CCC(Oc2ccc(C3=CCNCC3)cc2)CC1. The van der Waals surface area contributed by atoms with Gasteiger partial charge in [-0.1, -0.05) is 69.7 Å². The predicted octanol–water partition coefficient (Wildman–Crippen LogP) is 9.74. The van der Waals surface area contributed by atoms with Crippen LogP contribution in [0.2, 0.25) is 0 Å². The highest BCUT2D eigenvalue weighted by molar-refractivity contribution is 5.81. The van der Waals surface area contributed by atoms with Gasteiger partial charge in [0.15, 0.2) is 0 Å². The van der Waals surface area contributed by atoms with Crippen molar-refractivity contribution in [2.24, 2.45) is 11.8 Å². The standard InChI is InChI=1S/C22H31NO3.C19H27NO.C5H8O2/c1-2-17-3-7-20(8-4-17)26-21-9-5-18(6-10-21)19-11-14-23(15-12-19)16-13-22(24)25;1-2-15-3-7-18(8-4-15)21-19-9-5-16(6-10-19)17-11-13-20-14-12-17;1-3-5(6)7-4-2/h5-6,9-11,17,20H,2-4,7-8,12-16H2,1H3,(H,24,25);5-6,9-11,15,18,20H,2-4,7-8,12-14H2,1H3;3H,1,4H2,2H3. The fraction of sp³-hybridized carbons (Fsp3) is 0.565. The summed E-state index contributed by atoms with van der Waals surface area (Å²) in [4.78, 5) is 22.9. The lowest BCUT2D eigenvalue weighted by molar-refractivity contribution is -0.138. The molecule has 0 saturated heterocycles. The summed E-state index contributed by atoms with van der Waals surface area (Å²) in [6.07, 6.45) is 21.5. The molecule has 6 rings (SSSR count). The van der Waals surface area contributed by atoms with E-state index in [1.807, 2.05) is 0 Å². The number of hydrogen-bond acceptors (Lipinski definition) is 7. The van der Waals surface area contributed by atoms with E-state index in [9.17, 15) is 9.59 Å². The lowest BCUT2D eigenvalue weighted by Crippen LogP contribution is -2.30. The molecule has 296 valence electrons. The van der Waals surface area contributed by atoms with E-state index in [1.54, 1.807) is 6.92 Å². The van der Waals surface area contributed by atoms with Crippen LogP contribution in [-0.4, -0.2) is 73.5 Å². The minimum atomic E-state index is -0.724. The van der Waals surface area contributed by atoms with Gasteiger partial charge in [0.1, 0.15) is 11.5 Å². The third kappa shape index (κ3) is 15.1. The van der Waals surface area contributed by atoms with Crippen molar-refractivity contribution >= 4 is 23.1 Å². The third-order valence-electron chi connectivity index (χ3n) is 11.3. The summed E-state index contributed by atoms with van der Waals surface area (Å²) < 4.78 is 16.8. The molecule has 8 heteroatoms. The van der Waals surface area contributed by atoms with Gasteiger partial charge in [0.2, 0.25) is 0 Å². The number of benzene rings is 2. The average Bonchev–Trinajstić information content (AvgIpc) is 3.22. The van der Waals surface area contributed by atoms with E-state index in [-0.39, 0.29) is 12.4 Å². The van der Waals surface area contributed by atoms with Crippen LogP contribution < -0.4 is 14.8 Å². The number of esters is 1. The lowest BCUT2D eigenvalue weighted by Gasteiger charge is -2.28. The van der Waals surface area contributed by atoms with E-state index in [4.69, 9.17) is 14.6 Å². The van der Waals surface area contributed by atoms with Crippen LogP contribution in [0.15, 0.2) is 73.3 Å². The van der Waals surface area contributed by atoms with Gasteiger partial charge in [-0.05, 0) is 136 Å². The van der Waals surface area contributed by atoms with Gasteiger partial charge in [-0.3, -0.25) is 9.69 Å². The molecule has 2 fully saturated rings. The average molecular weight is 743 g/mol. The van der Waals surface area contributed by atoms with Crippen LogP contribution in [0, 0.1) is 11.8 Å². The molecule has 0 spiro atoms. The molecule has 2 aromatic rings. The Bertz CT molecular complexity index is 1470. The van der Waals surface area contributed by atoms with E-state index in [0.717, 1.165) is 68.4 Å². The van der Waals surface area contributed by atoms with Gasteiger partial charge in [0, 0.05) is 32.3 Å². The highest BCUT2D eigenvalue weighted by atomic mass is 16.5. The van der Waals surface area contributed by atoms with Gasteiger partial charge in [0.05, 0.1) is 25.2 Å². The van der Waals surface area contributed by atoms with Crippen molar-refractivity contribution in [1.82, 2.24) is 10.2 Å². The van der Waals surface area contributed by atoms with Gasteiger partial charge in [0.25, 0.3) is 0 Å². The van der Waals surface area contributed by atoms with Gasteiger partial charge in [-0.2, -0.15) is 0 Å². The van der Waals surface area contributed by atoms with E-state index in [0.29, 0.717) is 25.4 Å². The molecule has 0 bridgehead atoms. The molecule has 0 atom stereocenters. The van der Waals surface area contributed by atoms with Crippen molar-refractivity contribution in [2.75, 3.05) is 39.3 Å². The number of carboxylic acid groups (broad SMARTS) is 1. The third-order valence-corrected chi connectivity index (χ3v) is 11.3. The Labute approximate surface area is 325 Å². The second-order valence-electron chi connectivity index (χ2n) is 14.9. The Morgan fingerprint density at radius 2 is 1.30 bits per heavy atom. The summed E-state index contributed by atoms with van der Waals surface area (Å²) in [5.41, 5.74) is 5.42. The molecule has 4 aliphatic rings. The second-order valence-corrected chi connectivity index (χ2v) is 14.9. The highest BCUT2D eigenvalue weighted by Gasteiger charge is 2.22. The van der Waals surface area contributed by atoms with E-state index in [2.05, 4.69) is 96.1 Å². The largest absolute Gasteiger partial charge is 0.490 e. The van der Waals surface area contributed by atoms with Crippen LogP contribution in [0.1, 0.15) is 115 Å². The van der Waals surface area contributed by atoms with Crippen LogP contribution in [0.5, 0.6) is 11.5 Å². The number of ether oxygens (including phenoxy) is 3. The second kappa shape index (κ2) is 23.8. The van der Waals surface area contributed by atoms with Crippen molar-refractivity contribution < 1.29 is 28.9 Å². The van der Waals surface area contributed by atoms with Crippen molar-refractivity contribution in [1.29, 1.82) is 0 Å². The summed E-state index contributed by atoms with van der Waals surface area (Å²) in [5.74, 6) is 2.76. The smallest absolute Gasteiger partial charge is 0.330 e. The van der Waals surface area contributed by atoms with E-state index >= 15 is 0 Å². The molecule has 0 radical (unpaired) electrons. The maximum atomic E-state index is 10.7. The summed E-state index contributed by atoms with van der Waals surface area (Å²) in [6, 6.07) is 17.2. The first-order valence-electron chi connectivity index (χ1n) is 20.7. The fourth-order valence-electron chi connectivity index (χ4n) is 7.71. The number of aliphatic carboxylic acids is 1. The molecule has 0 amide bonds. The first-order chi connectivity index (χ1) is 26.3. The van der Waals surface area contributed by atoms with Gasteiger partial charge < -0.3 is 24.6 Å². The molecule has 8 nitrogen and oxygen atoms in total. The number of nitrogens with one attached hydrogen (secondary N) is 1. The van der Waals surface area contributed by atoms with Gasteiger partial charge >= 0.3 is 11.9 Å². The number of carbonyl (C=O) groups excluding carboxylic acids is 1. The first kappa shape index (κ1) is 42.9. The molecule has 2 saturated carbocycles. The number of nitrogens with zero attached hydrogens (tertiary/aromatic N) is 1. The number of hydrogen-bond donors (Lipinski definition) is 2. The molecule has 2 aliphatic carbocycles. The molecule has 2 aliphatic heterocycles. The molecule has 2 heterocycles. The maximum Gasteiger partial charge on any atom is 0.330 e. The zero-order valence-corrected chi connectivity index (χ0v) is 33.2. The predicted molar refractivity (Wildman–Crippen MR) is 220 cm³/mol. The summed E-state index contributed by atoms with van der Waals surface area (Å²) in [7, 11) is 0. The van der Waals surface area contributed by atoms with Gasteiger partial charge in [-0.25, -0.2) is 4.79 Å². The Hall–Kier alpha value is -3.88. The molecule has 0 unspecified atom stereocenters. The summed E-state index contributed by atoms with van der Waals surface area (Å²) >= 11 is 0. The lowest BCUT2D eigenvalue weighted by atomic mass is 9.86. The van der Waals surface area contributed by atoms with Crippen LogP contribution in [0.25, 0.3) is 11.1 Å². The van der Waals surface area contributed by atoms with Gasteiger partial charge in [-0.15, -0.1) is 0 Å². The molecule has 2 N–H and O–H groups in total. The molecular weight excluding hydrogens is 677 g/mol. The van der Waals surface area contributed by atoms with Crippen molar-refractivity contribution in [2.45, 2.75) is 116 Å². The topological polar surface area (TPSA) is 97.3 Å². The Morgan fingerprint density at radius 3 is 1.67 bits per heavy atom. The zero-order chi connectivity index (χ0) is 38.5. The molecular formula is C46H66N2O6. The fourth-order valence-corrected chi connectivity index (χ4v) is 7.71. The highest BCUT2D eigenvalue weighted by Crippen LogP contribution is 2.32. The van der Waals surface area contributed by atoms with Crippen LogP contribution >= 0.6 is 0 Å². The Kier molecular flexibility index (Phi) is 18.9. The normalized spacial score (nSPS) is 22.8. The van der Waals surface area contributed by atoms with Crippen LogP contribution in [0.3, 0.4) is 0 Å². The molecule has 0 aromatic heterocycles. The van der Waals surface area contributed by atoms with Crippen molar-refractivity contribution in [3.8, 4) is 11.5 Å². The van der Waals surface area contributed by atoms with E-state index in [1.165, 1.54) is 86.5 Å². The number of carboxylic acids is 1. The van der Waals surface area contributed by atoms with Crippen molar-refractivity contribution in [3.63, 3.8) is 0 Å². The number of carbonyl (C=O) groups is 2. The maximum absolute atomic E-state index is 10.7. The van der Waals surface area contributed by atoms with Crippen molar-refractivity contribution in [3.05, 3.63) is 84.5 Å². The minimum absolute atomic E-state index is 0.218. The first-order valence-corrected chi connectivity index (χ1v) is 20.7. The summed E-state index contributed by atoms with van der Waals surface area (Å²) in [5, 5.41) is 12.1. The molecule has 54 heavy (non-hydrogen) atoms. The molecule has 2 aromatic carbocycles. The van der Waals surface area contributed by atoms with E-state index < -0.39 is 5.97 Å².